The lowest BCUT2D eigenvalue weighted by Gasteiger charge is -2.07. The second-order valence-electron chi connectivity index (χ2n) is 5.36. The average Bonchev–Trinajstić information content (AvgIpc) is 3.11. The van der Waals surface area contributed by atoms with Crippen molar-refractivity contribution >= 4 is 17.5 Å². The van der Waals surface area contributed by atoms with E-state index in [2.05, 4.69) is 15.2 Å². The van der Waals surface area contributed by atoms with Gasteiger partial charge in [-0.15, -0.1) is 0 Å². The quantitative estimate of drug-likeness (QED) is 0.705. The van der Waals surface area contributed by atoms with E-state index >= 15 is 0 Å². The molecule has 8 heteroatoms. The number of hydrogen-bond donors (Lipinski definition) is 1. The summed E-state index contributed by atoms with van der Waals surface area (Å²) in [4.78, 5) is 12.2. The number of halogens is 3. The molecule has 1 aromatic heterocycles. The van der Waals surface area contributed by atoms with Gasteiger partial charge in [-0.1, -0.05) is 23.7 Å². The number of benzene rings is 2. The number of carbonyl (C=O) groups excluding carboxylic acids is 1. The van der Waals surface area contributed by atoms with Crippen LogP contribution in [0.25, 0.3) is 5.69 Å². The first-order chi connectivity index (χ1) is 12.5. The first kappa shape index (κ1) is 17.9. The molecule has 2 aromatic carbocycles. The van der Waals surface area contributed by atoms with Gasteiger partial charge in [0.05, 0.1) is 17.4 Å². The Labute approximate surface area is 153 Å². The number of amides is 1. The number of aromatic nitrogens is 2. The highest BCUT2D eigenvalue weighted by Crippen LogP contribution is 2.15. The summed E-state index contributed by atoms with van der Waals surface area (Å²) in [6.07, 6.45) is 3.07. The largest absolute Gasteiger partial charge is 0.435 e. The van der Waals surface area contributed by atoms with Gasteiger partial charge < -0.3 is 10.1 Å². The number of hydrogen-bond acceptors (Lipinski definition) is 3. The molecule has 134 valence electrons. The Morgan fingerprint density at radius 3 is 2.50 bits per heavy atom. The van der Waals surface area contributed by atoms with Crippen LogP contribution in [0.15, 0.2) is 60.9 Å². The van der Waals surface area contributed by atoms with Crippen LogP contribution in [-0.2, 0) is 6.54 Å². The smallest absolute Gasteiger partial charge is 0.387 e. The molecule has 0 spiro atoms. The van der Waals surface area contributed by atoms with Crippen LogP contribution in [0, 0.1) is 0 Å². The zero-order chi connectivity index (χ0) is 18.5. The van der Waals surface area contributed by atoms with Gasteiger partial charge in [-0.3, -0.25) is 4.79 Å². The van der Waals surface area contributed by atoms with Gasteiger partial charge in [-0.25, -0.2) is 4.68 Å². The molecule has 0 fully saturated rings. The van der Waals surface area contributed by atoms with Gasteiger partial charge in [0, 0.05) is 17.8 Å². The van der Waals surface area contributed by atoms with E-state index in [1.807, 2.05) is 0 Å². The van der Waals surface area contributed by atoms with Crippen molar-refractivity contribution in [2.75, 3.05) is 0 Å². The Kier molecular flexibility index (Phi) is 5.48. The van der Waals surface area contributed by atoms with E-state index in [4.69, 9.17) is 11.6 Å². The maximum absolute atomic E-state index is 12.2. The van der Waals surface area contributed by atoms with Crippen LogP contribution in [0.4, 0.5) is 8.78 Å². The number of nitrogens with zero attached hydrogens (tertiary/aromatic N) is 2. The Morgan fingerprint density at radius 2 is 1.85 bits per heavy atom. The zero-order valence-electron chi connectivity index (χ0n) is 13.4. The van der Waals surface area contributed by atoms with Crippen molar-refractivity contribution in [2.45, 2.75) is 13.2 Å². The van der Waals surface area contributed by atoms with Crippen LogP contribution in [0.1, 0.15) is 15.9 Å². The lowest BCUT2D eigenvalue weighted by Crippen LogP contribution is -2.22. The molecule has 0 bridgehead atoms. The molecule has 26 heavy (non-hydrogen) atoms. The van der Waals surface area contributed by atoms with E-state index in [-0.39, 0.29) is 18.2 Å². The molecule has 0 saturated carbocycles. The predicted molar refractivity (Wildman–Crippen MR) is 92.8 cm³/mol. The average molecular weight is 378 g/mol. The maximum Gasteiger partial charge on any atom is 0.387 e. The number of alkyl halides is 2. The van der Waals surface area contributed by atoms with E-state index in [1.54, 1.807) is 47.3 Å². The minimum atomic E-state index is -2.86. The minimum absolute atomic E-state index is 0.0688. The van der Waals surface area contributed by atoms with Crippen LogP contribution in [0.3, 0.4) is 0 Å². The van der Waals surface area contributed by atoms with E-state index < -0.39 is 6.61 Å². The molecule has 0 aliphatic heterocycles. The van der Waals surface area contributed by atoms with Gasteiger partial charge in [0.25, 0.3) is 5.91 Å². The third-order valence-corrected chi connectivity index (χ3v) is 3.79. The molecular formula is C18H14ClF2N3O2. The van der Waals surface area contributed by atoms with Gasteiger partial charge in [0.1, 0.15) is 5.75 Å². The summed E-state index contributed by atoms with van der Waals surface area (Å²) >= 11 is 5.85. The summed E-state index contributed by atoms with van der Waals surface area (Å²) in [5.74, 6) is -0.225. The van der Waals surface area contributed by atoms with Crippen molar-refractivity contribution in [3.8, 4) is 11.4 Å². The number of nitrogens with one attached hydrogen (secondary N) is 1. The lowest BCUT2D eigenvalue weighted by molar-refractivity contribution is -0.0498. The van der Waals surface area contributed by atoms with Crippen molar-refractivity contribution in [1.29, 1.82) is 0 Å². The molecule has 1 heterocycles. The second kappa shape index (κ2) is 7.97. The standard InChI is InChI=1S/C18H14ClF2N3O2/c19-14-3-5-15(6-4-14)24-11-13(10-23-24)17(25)22-9-12-1-7-16(8-2-12)26-18(20)21/h1-8,10-11,18H,9H2,(H,22,25). The third-order valence-electron chi connectivity index (χ3n) is 3.54. The van der Waals surface area contributed by atoms with Crippen molar-refractivity contribution in [1.82, 2.24) is 15.1 Å². The molecule has 3 rings (SSSR count). The SMILES string of the molecule is O=C(NCc1ccc(OC(F)F)cc1)c1cnn(-c2ccc(Cl)cc2)c1. The van der Waals surface area contributed by atoms with Crippen molar-refractivity contribution in [3.05, 3.63) is 77.1 Å². The van der Waals surface area contributed by atoms with Crippen LogP contribution < -0.4 is 10.1 Å². The fourth-order valence-electron chi connectivity index (χ4n) is 2.25. The molecule has 0 saturated heterocycles. The highest BCUT2D eigenvalue weighted by Gasteiger charge is 2.10. The van der Waals surface area contributed by atoms with Crippen molar-refractivity contribution in [3.63, 3.8) is 0 Å². The van der Waals surface area contributed by atoms with Crippen molar-refractivity contribution < 1.29 is 18.3 Å². The molecule has 3 aromatic rings. The number of carbonyl (C=O) groups is 1. The van der Waals surface area contributed by atoms with Crippen molar-refractivity contribution in [2.24, 2.45) is 0 Å². The first-order valence-corrected chi connectivity index (χ1v) is 8.01. The summed E-state index contributed by atoms with van der Waals surface area (Å²) < 4.78 is 30.1. The fourth-order valence-corrected chi connectivity index (χ4v) is 2.37. The monoisotopic (exact) mass is 377 g/mol. The van der Waals surface area contributed by atoms with Crippen LogP contribution in [0.5, 0.6) is 5.75 Å². The topological polar surface area (TPSA) is 56.1 Å². The maximum atomic E-state index is 12.2. The predicted octanol–water partition coefficient (Wildman–Crippen LogP) is 4.06. The van der Waals surface area contributed by atoms with Gasteiger partial charge in [0.2, 0.25) is 0 Å². The zero-order valence-corrected chi connectivity index (χ0v) is 14.2. The molecule has 0 radical (unpaired) electrons. The third kappa shape index (κ3) is 4.58. The molecule has 1 N–H and O–H groups in total. The summed E-state index contributed by atoms with van der Waals surface area (Å²) in [5.41, 5.74) is 1.94. The summed E-state index contributed by atoms with van der Waals surface area (Å²) in [5, 5.41) is 7.52. The first-order valence-electron chi connectivity index (χ1n) is 7.64. The van der Waals surface area contributed by atoms with Crippen LogP contribution in [0.2, 0.25) is 5.02 Å². The molecule has 0 atom stereocenters. The number of ether oxygens (including phenoxy) is 1. The Balaban J connectivity index is 1.59. The van der Waals surface area contributed by atoms with Gasteiger partial charge in [0.15, 0.2) is 0 Å². The highest BCUT2D eigenvalue weighted by molar-refractivity contribution is 6.30. The van der Waals surface area contributed by atoms with Gasteiger partial charge in [-0.05, 0) is 42.0 Å². The summed E-state index contributed by atoms with van der Waals surface area (Å²) in [7, 11) is 0. The molecule has 5 nitrogen and oxygen atoms in total. The second-order valence-corrected chi connectivity index (χ2v) is 5.79. The highest BCUT2D eigenvalue weighted by atomic mass is 35.5. The van der Waals surface area contributed by atoms with Crippen LogP contribution >= 0.6 is 11.6 Å². The normalized spacial score (nSPS) is 10.8. The summed E-state index contributed by atoms with van der Waals surface area (Å²) in [6.45, 7) is -2.61. The van der Waals surface area contributed by atoms with E-state index in [0.717, 1.165) is 11.3 Å². The number of rotatable bonds is 6. The lowest BCUT2D eigenvalue weighted by atomic mass is 10.2. The minimum Gasteiger partial charge on any atom is -0.435 e. The van der Waals surface area contributed by atoms with E-state index in [0.29, 0.717) is 10.6 Å². The Bertz CT molecular complexity index is 880. The summed E-state index contributed by atoms with van der Waals surface area (Å²) in [6, 6.07) is 13.1. The van der Waals surface area contributed by atoms with Gasteiger partial charge in [-0.2, -0.15) is 13.9 Å². The Morgan fingerprint density at radius 1 is 1.15 bits per heavy atom. The van der Waals surface area contributed by atoms with E-state index in [1.165, 1.54) is 18.3 Å². The van der Waals surface area contributed by atoms with Gasteiger partial charge >= 0.3 is 6.61 Å². The van der Waals surface area contributed by atoms with E-state index in [9.17, 15) is 13.6 Å². The molecule has 0 aliphatic rings. The fraction of sp³-hybridized carbons (Fsp3) is 0.111. The molecule has 0 aliphatic carbocycles. The van der Waals surface area contributed by atoms with Crippen LogP contribution in [-0.4, -0.2) is 22.3 Å². The molecule has 1 amide bonds. The Hall–Kier alpha value is -2.93. The molecule has 0 unspecified atom stereocenters. The molecular weight excluding hydrogens is 364 g/mol.